The van der Waals surface area contributed by atoms with E-state index in [0.717, 1.165) is 24.3 Å². The van der Waals surface area contributed by atoms with Gasteiger partial charge < -0.3 is 4.90 Å². The van der Waals surface area contributed by atoms with Crippen LogP contribution in [0.25, 0.3) is 16.7 Å². The Morgan fingerprint density at radius 2 is 1.80 bits per heavy atom. The molecule has 3 aromatic rings. The van der Waals surface area contributed by atoms with Gasteiger partial charge in [0.25, 0.3) is 0 Å². The summed E-state index contributed by atoms with van der Waals surface area (Å²) in [4.78, 5) is 11.2. The van der Waals surface area contributed by atoms with Gasteiger partial charge in [0.15, 0.2) is 5.65 Å². The summed E-state index contributed by atoms with van der Waals surface area (Å²) in [7, 11) is 0. The van der Waals surface area contributed by atoms with E-state index in [0.29, 0.717) is 23.2 Å². The maximum Gasteiger partial charge on any atom is 0.168 e. The predicted molar refractivity (Wildman–Crippen MR) is 98.5 cm³/mol. The molecule has 0 saturated carbocycles. The highest BCUT2D eigenvalue weighted by atomic mass is 19.1. The molecule has 0 radical (unpaired) electrons. The van der Waals surface area contributed by atoms with Crippen molar-refractivity contribution in [1.29, 1.82) is 0 Å². The molecular formula is C19H24FN5. The molecule has 5 nitrogen and oxygen atoms in total. The first-order chi connectivity index (χ1) is 12.0. The standard InChI is InChI=1S/C19H24FN5/c1-13(2)10-24(11-14(3)4)18-17-9-23-25(19(17)22-12-21-18)16-7-5-6-15(20)8-16/h5-9,12-14H,10-11H2,1-4H3. The van der Waals surface area contributed by atoms with Crippen LogP contribution in [0.2, 0.25) is 0 Å². The predicted octanol–water partition coefficient (Wildman–Crippen LogP) is 4.07. The van der Waals surface area contributed by atoms with Gasteiger partial charge in [0.1, 0.15) is 18.0 Å². The van der Waals surface area contributed by atoms with Crippen LogP contribution in [-0.2, 0) is 0 Å². The zero-order valence-corrected chi connectivity index (χ0v) is 15.1. The Labute approximate surface area is 147 Å². The first kappa shape index (κ1) is 17.3. The molecule has 0 fully saturated rings. The Bertz CT molecular complexity index is 846. The zero-order valence-electron chi connectivity index (χ0n) is 15.1. The quantitative estimate of drug-likeness (QED) is 0.678. The van der Waals surface area contributed by atoms with E-state index in [2.05, 4.69) is 47.7 Å². The van der Waals surface area contributed by atoms with Crippen molar-refractivity contribution in [3.05, 3.63) is 42.6 Å². The maximum absolute atomic E-state index is 13.6. The number of halogens is 1. The highest BCUT2D eigenvalue weighted by molar-refractivity contribution is 5.87. The van der Waals surface area contributed by atoms with Crippen molar-refractivity contribution in [3.63, 3.8) is 0 Å². The molecule has 1 aromatic carbocycles. The lowest BCUT2D eigenvalue weighted by Gasteiger charge is -2.27. The van der Waals surface area contributed by atoms with E-state index in [1.165, 1.54) is 12.1 Å². The Morgan fingerprint density at radius 3 is 2.44 bits per heavy atom. The molecule has 2 heterocycles. The van der Waals surface area contributed by atoms with Gasteiger partial charge in [0, 0.05) is 13.1 Å². The highest BCUT2D eigenvalue weighted by Gasteiger charge is 2.18. The molecule has 2 aromatic heterocycles. The summed E-state index contributed by atoms with van der Waals surface area (Å²) >= 11 is 0. The summed E-state index contributed by atoms with van der Waals surface area (Å²) in [6.45, 7) is 10.6. The monoisotopic (exact) mass is 341 g/mol. The molecule has 6 heteroatoms. The number of fused-ring (bicyclic) bond motifs is 1. The van der Waals surface area contributed by atoms with E-state index < -0.39 is 0 Å². The van der Waals surface area contributed by atoms with Gasteiger partial charge in [-0.05, 0) is 30.0 Å². The third kappa shape index (κ3) is 3.78. The number of anilines is 1. The van der Waals surface area contributed by atoms with E-state index in [1.807, 2.05) is 6.07 Å². The van der Waals surface area contributed by atoms with Gasteiger partial charge in [-0.25, -0.2) is 19.0 Å². The molecule has 0 amide bonds. The minimum absolute atomic E-state index is 0.295. The van der Waals surface area contributed by atoms with Gasteiger partial charge in [0.2, 0.25) is 0 Å². The van der Waals surface area contributed by atoms with Crippen LogP contribution >= 0.6 is 0 Å². The third-order valence-electron chi connectivity index (χ3n) is 3.87. The highest BCUT2D eigenvalue weighted by Crippen LogP contribution is 2.26. The van der Waals surface area contributed by atoms with Crippen molar-refractivity contribution in [2.75, 3.05) is 18.0 Å². The van der Waals surface area contributed by atoms with Crippen LogP contribution in [0.4, 0.5) is 10.2 Å². The van der Waals surface area contributed by atoms with Gasteiger partial charge in [-0.15, -0.1) is 0 Å². The Morgan fingerprint density at radius 1 is 1.08 bits per heavy atom. The molecule has 0 spiro atoms. The van der Waals surface area contributed by atoms with Crippen LogP contribution in [0.5, 0.6) is 0 Å². The average Bonchev–Trinajstić information content (AvgIpc) is 2.97. The van der Waals surface area contributed by atoms with E-state index in [9.17, 15) is 4.39 Å². The van der Waals surface area contributed by atoms with Crippen molar-refractivity contribution < 1.29 is 4.39 Å². The van der Waals surface area contributed by atoms with Gasteiger partial charge in [-0.2, -0.15) is 5.10 Å². The fourth-order valence-corrected chi connectivity index (χ4v) is 3.01. The number of nitrogens with zero attached hydrogens (tertiary/aromatic N) is 5. The first-order valence-corrected chi connectivity index (χ1v) is 8.65. The van der Waals surface area contributed by atoms with Crippen molar-refractivity contribution in [1.82, 2.24) is 19.7 Å². The van der Waals surface area contributed by atoms with Gasteiger partial charge >= 0.3 is 0 Å². The second-order valence-electron chi connectivity index (χ2n) is 7.16. The largest absolute Gasteiger partial charge is 0.355 e. The normalized spacial score (nSPS) is 11.6. The number of hydrogen-bond acceptors (Lipinski definition) is 4. The smallest absolute Gasteiger partial charge is 0.168 e. The number of hydrogen-bond donors (Lipinski definition) is 0. The summed E-state index contributed by atoms with van der Waals surface area (Å²) in [6, 6.07) is 6.36. The number of aromatic nitrogens is 4. The SMILES string of the molecule is CC(C)CN(CC(C)C)c1ncnc2c1cnn2-c1cccc(F)c1. The Balaban J connectivity index is 2.08. The zero-order chi connectivity index (χ0) is 18.0. The van der Waals surface area contributed by atoms with E-state index in [4.69, 9.17) is 0 Å². The van der Waals surface area contributed by atoms with Crippen LogP contribution in [0, 0.1) is 17.7 Å². The van der Waals surface area contributed by atoms with Crippen LogP contribution in [-0.4, -0.2) is 32.8 Å². The first-order valence-electron chi connectivity index (χ1n) is 8.65. The fourth-order valence-electron chi connectivity index (χ4n) is 3.01. The van der Waals surface area contributed by atoms with Crippen LogP contribution in [0.15, 0.2) is 36.8 Å². The van der Waals surface area contributed by atoms with Crippen LogP contribution in [0.1, 0.15) is 27.7 Å². The molecule has 25 heavy (non-hydrogen) atoms. The molecule has 0 aliphatic rings. The molecule has 0 atom stereocenters. The second-order valence-corrected chi connectivity index (χ2v) is 7.16. The molecule has 0 N–H and O–H groups in total. The topological polar surface area (TPSA) is 46.8 Å². The average molecular weight is 341 g/mol. The van der Waals surface area contributed by atoms with E-state index in [-0.39, 0.29) is 5.82 Å². The molecule has 0 aliphatic heterocycles. The van der Waals surface area contributed by atoms with Gasteiger partial charge in [0.05, 0.1) is 17.3 Å². The van der Waals surface area contributed by atoms with Gasteiger partial charge in [-0.1, -0.05) is 33.8 Å². The summed E-state index contributed by atoms with van der Waals surface area (Å²) < 4.78 is 15.2. The lowest BCUT2D eigenvalue weighted by atomic mass is 10.1. The molecule has 0 bridgehead atoms. The number of benzene rings is 1. The second kappa shape index (κ2) is 7.17. The Hall–Kier alpha value is -2.50. The Kier molecular flexibility index (Phi) is 4.97. The molecule has 0 saturated heterocycles. The maximum atomic E-state index is 13.6. The molecular weight excluding hydrogens is 317 g/mol. The van der Waals surface area contributed by atoms with Crippen molar-refractivity contribution in [2.45, 2.75) is 27.7 Å². The fraction of sp³-hybridized carbons (Fsp3) is 0.421. The molecule has 3 rings (SSSR count). The minimum Gasteiger partial charge on any atom is -0.355 e. The van der Waals surface area contributed by atoms with Crippen molar-refractivity contribution in [2.24, 2.45) is 11.8 Å². The lowest BCUT2D eigenvalue weighted by Crippen LogP contribution is -2.32. The van der Waals surface area contributed by atoms with E-state index in [1.54, 1.807) is 23.3 Å². The van der Waals surface area contributed by atoms with Crippen molar-refractivity contribution in [3.8, 4) is 5.69 Å². The summed E-state index contributed by atoms with van der Waals surface area (Å²) in [5, 5.41) is 5.31. The van der Waals surface area contributed by atoms with Crippen molar-refractivity contribution >= 4 is 16.9 Å². The molecule has 132 valence electrons. The summed E-state index contributed by atoms with van der Waals surface area (Å²) in [5.74, 6) is 1.62. The minimum atomic E-state index is -0.295. The summed E-state index contributed by atoms with van der Waals surface area (Å²) in [6.07, 6.45) is 3.33. The van der Waals surface area contributed by atoms with E-state index >= 15 is 0 Å². The third-order valence-corrected chi connectivity index (χ3v) is 3.87. The lowest BCUT2D eigenvalue weighted by molar-refractivity contribution is 0.550. The molecule has 0 aliphatic carbocycles. The molecule has 0 unspecified atom stereocenters. The van der Waals surface area contributed by atoms with Crippen LogP contribution < -0.4 is 4.90 Å². The van der Waals surface area contributed by atoms with Crippen LogP contribution in [0.3, 0.4) is 0 Å². The summed E-state index contributed by atoms with van der Waals surface area (Å²) in [5.41, 5.74) is 1.34. The van der Waals surface area contributed by atoms with Gasteiger partial charge in [-0.3, -0.25) is 0 Å². The number of rotatable bonds is 6.